The number of aliphatic carboxylic acids is 1. The summed E-state index contributed by atoms with van der Waals surface area (Å²) in [6.45, 7) is 2.06. The Hall–Kier alpha value is -0.830. The molecule has 0 unspecified atom stereocenters. The van der Waals surface area contributed by atoms with Gasteiger partial charge in [0.1, 0.15) is 0 Å². The van der Waals surface area contributed by atoms with Crippen LogP contribution in [0.15, 0.2) is 11.4 Å². The second-order valence-electron chi connectivity index (χ2n) is 4.14. The Labute approximate surface area is 87.6 Å². The number of carbonyl (C=O) groups is 1. The molecule has 0 amide bonds. The first-order valence-corrected chi connectivity index (χ1v) is 5.78. The van der Waals surface area contributed by atoms with Gasteiger partial charge in [0.05, 0.1) is 5.41 Å². The summed E-state index contributed by atoms with van der Waals surface area (Å²) in [6.07, 6.45) is 3.49. The van der Waals surface area contributed by atoms with Crippen molar-refractivity contribution in [1.29, 1.82) is 0 Å². The molecule has 0 saturated heterocycles. The molecule has 0 aromatic carbocycles. The highest BCUT2D eigenvalue weighted by Crippen LogP contribution is 2.45. The fraction of sp³-hybridized carbons (Fsp3) is 0.545. The van der Waals surface area contributed by atoms with Gasteiger partial charge in [-0.1, -0.05) is 6.42 Å². The molecule has 1 saturated carbocycles. The fourth-order valence-electron chi connectivity index (χ4n) is 1.96. The highest BCUT2D eigenvalue weighted by atomic mass is 32.1. The first kappa shape index (κ1) is 9.71. The highest BCUT2D eigenvalue weighted by Gasteiger charge is 2.44. The first-order valence-electron chi connectivity index (χ1n) is 4.90. The lowest BCUT2D eigenvalue weighted by Gasteiger charge is -2.37. The third-order valence-corrected chi connectivity index (χ3v) is 4.25. The van der Waals surface area contributed by atoms with E-state index < -0.39 is 11.4 Å². The van der Waals surface area contributed by atoms with Crippen LogP contribution in [0.2, 0.25) is 0 Å². The summed E-state index contributed by atoms with van der Waals surface area (Å²) < 4.78 is 0. The van der Waals surface area contributed by atoms with Gasteiger partial charge in [0.25, 0.3) is 0 Å². The molecule has 1 fully saturated rings. The van der Waals surface area contributed by atoms with E-state index in [1.807, 2.05) is 5.38 Å². The third kappa shape index (κ3) is 1.46. The predicted octanol–water partition coefficient (Wildman–Crippen LogP) is 2.85. The van der Waals surface area contributed by atoms with Gasteiger partial charge >= 0.3 is 5.97 Å². The van der Waals surface area contributed by atoms with Crippen molar-refractivity contribution < 1.29 is 9.90 Å². The van der Waals surface area contributed by atoms with Crippen molar-refractivity contribution in [1.82, 2.24) is 0 Å². The Morgan fingerprint density at radius 2 is 2.36 bits per heavy atom. The Morgan fingerprint density at radius 1 is 1.64 bits per heavy atom. The van der Waals surface area contributed by atoms with E-state index in [0.29, 0.717) is 0 Å². The lowest BCUT2D eigenvalue weighted by Crippen LogP contribution is -2.39. The summed E-state index contributed by atoms with van der Waals surface area (Å²) in [6, 6.07) is 2.06. The van der Waals surface area contributed by atoms with Crippen LogP contribution in [0.1, 0.15) is 29.7 Å². The van der Waals surface area contributed by atoms with Gasteiger partial charge in [0, 0.05) is 4.88 Å². The van der Waals surface area contributed by atoms with E-state index in [2.05, 4.69) is 13.0 Å². The van der Waals surface area contributed by atoms with Crippen molar-refractivity contribution in [2.45, 2.75) is 32.6 Å². The zero-order valence-electron chi connectivity index (χ0n) is 8.25. The summed E-state index contributed by atoms with van der Waals surface area (Å²) in [5.74, 6) is -0.614. The minimum absolute atomic E-state index is 0.435. The second-order valence-corrected chi connectivity index (χ2v) is 5.14. The number of aryl methyl sites for hydroxylation is 1. The molecule has 2 nitrogen and oxygen atoms in total. The molecule has 1 aliphatic carbocycles. The molecule has 1 aromatic heterocycles. The monoisotopic (exact) mass is 210 g/mol. The summed E-state index contributed by atoms with van der Waals surface area (Å²) >= 11 is 1.68. The van der Waals surface area contributed by atoms with Crippen LogP contribution in [-0.4, -0.2) is 11.1 Å². The molecule has 76 valence electrons. The van der Waals surface area contributed by atoms with Crippen molar-refractivity contribution in [3.63, 3.8) is 0 Å². The number of carboxylic acid groups (broad SMARTS) is 1. The maximum Gasteiger partial charge on any atom is 0.309 e. The van der Waals surface area contributed by atoms with Crippen LogP contribution in [0.3, 0.4) is 0 Å². The Kier molecular flexibility index (Phi) is 2.35. The third-order valence-electron chi connectivity index (χ3n) is 3.23. The van der Waals surface area contributed by atoms with E-state index in [0.717, 1.165) is 25.7 Å². The maximum absolute atomic E-state index is 11.1. The molecular formula is C11H14O2S. The van der Waals surface area contributed by atoms with Gasteiger partial charge in [-0.15, -0.1) is 11.3 Å². The SMILES string of the molecule is Cc1ccsc1CC1(C(=O)O)CCC1. The number of thiophene rings is 1. The van der Waals surface area contributed by atoms with Gasteiger partial charge < -0.3 is 5.11 Å². The molecule has 1 aromatic rings. The maximum atomic E-state index is 11.1. The van der Waals surface area contributed by atoms with Gasteiger partial charge in [-0.05, 0) is 43.2 Å². The van der Waals surface area contributed by atoms with Crippen LogP contribution in [0.5, 0.6) is 0 Å². The zero-order chi connectivity index (χ0) is 10.2. The topological polar surface area (TPSA) is 37.3 Å². The van der Waals surface area contributed by atoms with E-state index in [-0.39, 0.29) is 0 Å². The lowest BCUT2D eigenvalue weighted by molar-refractivity contribution is -0.154. The summed E-state index contributed by atoms with van der Waals surface area (Å²) in [5.41, 5.74) is 0.804. The molecule has 0 atom stereocenters. The summed E-state index contributed by atoms with van der Waals surface area (Å²) in [7, 11) is 0. The van der Waals surface area contributed by atoms with Gasteiger partial charge in [-0.25, -0.2) is 0 Å². The van der Waals surface area contributed by atoms with E-state index in [1.54, 1.807) is 11.3 Å². The Morgan fingerprint density at radius 3 is 2.71 bits per heavy atom. The van der Waals surface area contributed by atoms with Crippen LogP contribution in [0.25, 0.3) is 0 Å². The molecule has 14 heavy (non-hydrogen) atoms. The largest absolute Gasteiger partial charge is 0.481 e. The van der Waals surface area contributed by atoms with Crippen molar-refractivity contribution in [2.24, 2.45) is 5.41 Å². The molecule has 1 heterocycles. The quantitative estimate of drug-likeness (QED) is 0.833. The summed E-state index contributed by atoms with van der Waals surface area (Å²) in [5, 5.41) is 11.2. The van der Waals surface area contributed by atoms with E-state index >= 15 is 0 Å². The van der Waals surface area contributed by atoms with Crippen LogP contribution >= 0.6 is 11.3 Å². The molecule has 0 aliphatic heterocycles. The molecule has 0 spiro atoms. The van der Waals surface area contributed by atoms with Gasteiger partial charge in [0.2, 0.25) is 0 Å². The van der Waals surface area contributed by atoms with Crippen molar-refractivity contribution in [2.75, 3.05) is 0 Å². The average molecular weight is 210 g/mol. The van der Waals surface area contributed by atoms with Gasteiger partial charge in [-0.2, -0.15) is 0 Å². The van der Waals surface area contributed by atoms with Crippen molar-refractivity contribution in [3.05, 3.63) is 21.9 Å². The molecule has 0 radical (unpaired) electrons. The smallest absolute Gasteiger partial charge is 0.309 e. The van der Waals surface area contributed by atoms with Crippen molar-refractivity contribution >= 4 is 17.3 Å². The molecule has 1 N–H and O–H groups in total. The number of hydrogen-bond donors (Lipinski definition) is 1. The van der Waals surface area contributed by atoms with E-state index in [1.165, 1.54) is 10.4 Å². The average Bonchev–Trinajstić information content (AvgIpc) is 2.43. The Bertz CT molecular complexity index is 350. The highest BCUT2D eigenvalue weighted by molar-refractivity contribution is 7.10. The zero-order valence-corrected chi connectivity index (χ0v) is 9.06. The summed E-state index contributed by atoms with van der Waals surface area (Å²) in [4.78, 5) is 12.4. The second kappa shape index (κ2) is 3.39. The van der Waals surface area contributed by atoms with Crippen LogP contribution in [0.4, 0.5) is 0 Å². The van der Waals surface area contributed by atoms with Gasteiger partial charge in [-0.3, -0.25) is 4.79 Å². The van der Waals surface area contributed by atoms with E-state index in [9.17, 15) is 9.90 Å². The number of hydrogen-bond acceptors (Lipinski definition) is 2. The molecule has 1 aliphatic rings. The minimum atomic E-state index is -0.614. The van der Waals surface area contributed by atoms with Crippen LogP contribution < -0.4 is 0 Å². The lowest BCUT2D eigenvalue weighted by atomic mass is 9.66. The van der Waals surface area contributed by atoms with E-state index in [4.69, 9.17) is 0 Å². The van der Waals surface area contributed by atoms with Gasteiger partial charge in [0.15, 0.2) is 0 Å². The van der Waals surface area contributed by atoms with Crippen LogP contribution in [0, 0.1) is 12.3 Å². The first-order chi connectivity index (χ1) is 6.64. The molecular weight excluding hydrogens is 196 g/mol. The normalized spacial score (nSPS) is 18.9. The minimum Gasteiger partial charge on any atom is -0.481 e. The molecule has 2 rings (SSSR count). The van der Waals surface area contributed by atoms with Crippen LogP contribution in [-0.2, 0) is 11.2 Å². The number of carboxylic acids is 1. The molecule has 3 heteroatoms. The number of rotatable bonds is 3. The predicted molar refractivity (Wildman–Crippen MR) is 56.7 cm³/mol. The Balaban J connectivity index is 2.17. The standard InChI is InChI=1S/C11H14O2S/c1-8-3-6-14-9(8)7-11(10(12)13)4-2-5-11/h3,6H,2,4-5,7H2,1H3,(H,12,13). The molecule has 0 bridgehead atoms. The fourth-order valence-corrected chi connectivity index (χ4v) is 3.01. The van der Waals surface area contributed by atoms with Crippen molar-refractivity contribution in [3.8, 4) is 0 Å².